The van der Waals surface area contributed by atoms with E-state index in [9.17, 15) is 9.59 Å². The van der Waals surface area contributed by atoms with Crippen LogP contribution in [-0.2, 0) is 27.2 Å². The minimum absolute atomic E-state index is 0.0531. The van der Waals surface area contributed by atoms with E-state index in [0.29, 0.717) is 0 Å². The Morgan fingerprint density at radius 3 is 2.82 bits per heavy atom. The van der Waals surface area contributed by atoms with Crippen molar-refractivity contribution >= 4 is 11.9 Å². The molecule has 1 heterocycles. The summed E-state index contributed by atoms with van der Waals surface area (Å²) in [7, 11) is 0. The van der Waals surface area contributed by atoms with Gasteiger partial charge in [0.05, 0.1) is 6.61 Å². The fraction of sp³-hybridized carbons (Fsp3) is 0.529. The SMILES string of the molecule is CC(=O)OC(C)(C)C(=O)N[C@@H](C)Cc1ccc2c(c1)CCO2. The molecule has 1 aliphatic heterocycles. The lowest BCUT2D eigenvalue weighted by Gasteiger charge is -2.25. The van der Waals surface area contributed by atoms with Gasteiger partial charge in [0.25, 0.3) is 5.91 Å². The van der Waals surface area contributed by atoms with Crippen LogP contribution in [0, 0.1) is 0 Å². The van der Waals surface area contributed by atoms with E-state index < -0.39 is 11.6 Å². The Bertz CT molecular complexity index is 580. The van der Waals surface area contributed by atoms with Crippen molar-refractivity contribution in [1.82, 2.24) is 5.32 Å². The third-order valence-electron chi connectivity index (χ3n) is 3.62. The Hall–Kier alpha value is -2.04. The minimum Gasteiger partial charge on any atom is -0.493 e. The van der Waals surface area contributed by atoms with Gasteiger partial charge in [0.1, 0.15) is 5.75 Å². The number of benzene rings is 1. The molecule has 0 unspecified atom stereocenters. The molecule has 120 valence electrons. The molecule has 2 rings (SSSR count). The number of fused-ring (bicyclic) bond motifs is 1. The highest BCUT2D eigenvalue weighted by atomic mass is 16.6. The van der Waals surface area contributed by atoms with Crippen LogP contribution in [0.1, 0.15) is 38.8 Å². The van der Waals surface area contributed by atoms with Gasteiger partial charge in [-0.2, -0.15) is 0 Å². The summed E-state index contributed by atoms with van der Waals surface area (Å²) in [5, 5.41) is 2.89. The van der Waals surface area contributed by atoms with E-state index in [-0.39, 0.29) is 11.9 Å². The Morgan fingerprint density at radius 1 is 1.41 bits per heavy atom. The quantitative estimate of drug-likeness (QED) is 0.845. The smallest absolute Gasteiger partial charge is 0.303 e. The average molecular weight is 305 g/mol. The van der Waals surface area contributed by atoms with Crippen LogP contribution >= 0.6 is 0 Å². The first-order valence-corrected chi connectivity index (χ1v) is 7.53. The van der Waals surface area contributed by atoms with Gasteiger partial charge in [0.2, 0.25) is 0 Å². The summed E-state index contributed by atoms with van der Waals surface area (Å²) in [5.41, 5.74) is 1.21. The molecule has 5 nitrogen and oxygen atoms in total. The maximum atomic E-state index is 12.2. The molecule has 0 saturated heterocycles. The standard InChI is InChI=1S/C17H23NO4/c1-11(18-16(20)17(3,4)22-12(2)19)9-13-5-6-15-14(10-13)7-8-21-15/h5-6,10-11H,7-9H2,1-4H3,(H,18,20)/t11-/m0/s1. The van der Waals surface area contributed by atoms with Gasteiger partial charge in [-0.3, -0.25) is 9.59 Å². The minimum atomic E-state index is -1.16. The van der Waals surface area contributed by atoms with Gasteiger partial charge in [-0.15, -0.1) is 0 Å². The fourth-order valence-electron chi connectivity index (χ4n) is 2.57. The van der Waals surface area contributed by atoms with Crippen molar-refractivity contribution in [2.75, 3.05) is 6.61 Å². The molecule has 0 spiro atoms. The van der Waals surface area contributed by atoms with Crippen molar-refractivity contribution in [1.29, 1.82) is 0 Å². The lowest BCUT2D eigenvalue weighted by molar-refractivity contribution is -0.163. The Balaban J connectivity index is 1.93. The van der Waals surface area contributed by atoms with Gasteiger partial charge < -0.3 is 14.8 Å². The molecular weight excluding hydrogens is 282 g/mol. The van der Waals surface area contributed by atoms with E-state index in [4.69, 9.17) is 9.47 Å². The fourth-order valence-corrected chi connectivity index (χ4v) is 2.57. The first-order chi connectivity index (χ1) is 10.3. The number of amides is 1. The zero-order valence-electron chi connectivity index (χ0n) is 13.6. The first-order valence-electron chi connectivity index (χ1n) is 7.53. The van der Waals surface area contributed by atoms with Gasteiger partial charge >= 0.3 is 5.97 Å². The van der Waals surface area contributed by atoms with Crippen LogP contribution < -0.4 is 10.1 Å². The highest BCUT2D eigenvalue weighted by molar-refractivity contribution is 5.86. The molecule has 1 aromatic rings. The summed E-state index contributed by atoms with van der Waals surface area (Å²) >= 11 is 0. The number of carbonyl (C=O) groups is 2. The predicted molar refractivity (Wildman–Crippen MR) is 82.8 cm³/mol. The van der Waals surface area contributed by atoms with Crippen LogP contribution in [0.25, 0.3) is 0 Å². The molecule has 1 atom stereocenters. The van der Waals surface area contributed by atoms with E-state index in [1.54, 1.807) is 13.8 Å². The molecule has 22 heavy (non-hydrogen) atoms. The molecule has 5 heteroatoms. The molecule has 0 aliphatic carbocycles. The number of esters is 1. The molecule has 1 amide bonds. The molecule has 0 radical (unpaired) electrons. The van der Waals surface area contributed by atoms with Gasteiger partial charge in [-0.05, 0) is 44.4 Å². The molecule has 0 aromatic heterocycles. The highest BCUT2D eigenvalue weighted by Crippen LogP contribution is 2.26. The molecule has 0 saturated carbocycles. The molecule has 1 N–H and O–H groups in total. The second-order valence-electron chi connectivity index (χ2n) is 6.22. The van der Waals surface area contributed by atoms with E-state index in [0.717, 1.165) is 30.8 Å². The van der Waals surface area contributed by atoms with Gasteiger partial charge in [0, 0.05) is 19.4 Å². The van der Waals surface area contributed by atoms with Gasteiger partial charge in [0.15, 0.2) is 5.60 Å². The van der Waals surface area contributed by atoms with Crippen LogP contribution in [0.3, 0.4) is 0 Å². The van der Waals surface area contributed by atoms with Crippen LogP contribution in [-0.4, -0.2) is 30.1 Å². The second-order valence-corrected chi connectivity index (χ2v) is 6.22. The Labute approximate surface area is 131 Å². The van der Waals surface area contributed by atoms with E-state index >= 15 is 0 Å². The number of rotatable bonds is 5. The normalized spacial score (nSPS) is 14.7. The zero-order valence-corrected chi connectivity index (χ0v) is 13.6. The monoisotopic (exact) mass is 305 g/mol. The maximum Gasteiger partial charge on any atom is 0.303 e. The number of hydrogen-bond donors (Lipinski definition) is 1. The Morgan fingerprint density at radius 2 is 2.14 bits per heavy atom. The average Bonchev–Trinajstić information content (AvgIpc) is 2.84. The third kappa shape index (κ3) is 4.00. The molecular formula is C17H23NO4. The third-order valence-corrected chi connectivity index (χ3v) is 3.62. The van der Waals surface area contributed by atoms with Crippen molar-refractivity contribution in [2.45, 2.75) is 52.2 Å². The Kier molecular flexibility index (Phi) is 4.74. The first kappa shape index (κ1) is 16.3. The number of carbonyl (C=O) groups excluding carboxylic acids is 2. The topological polar surface area (TPSA) is 64.6 Å². The zero-order chi connectivity index (χ0) is 16.3. The number of nitrogens with one attached hydrogen (secondary N) is 1. The molecule has 1 aromatic carbocycles. The molecule has 1 aliphatic rings. The summed E-state index contributed by atoms with van der Waals surface area (Å²) in [4.78, 5) is 23.2. The van der Waals surface area contributed by atoms with Crippen molar-refractivity contribution in [3.05, 3.63) is 29.3 Å². The summed E-state index contributed by atoms with van der Waals surface area (Å²) in [6, 6.07) is 6.07. The summed E-state index contributed by atoms with van der Waals surface area (Å²) in [6.07, 6.45) is 1.65. The van der Waals surface area contributed by atoms with Crippen molar-refractivity contribution in [3.8, 4) is 5.75 Å². The number of ether oxygens (including phenoxy) is 2. The van der Waals surface area contributed by atoms with Crippen LogP contribution in [0.4, 0.5) is 0 Å². The summed E-state index contributed by atoms with van der Waals surface area (Å²) < 4.78 is 10.5. The van der Waals surface area contributed by atoms with Gasteiger partial charge in [-0.25, -0.2) is 0 Å². The van der Waals surface area contributed by atoms with Crippen molar-refractivity contribution in [3.63, 3.8) is 0 Å². The van der Waals surface area contributed by atoms with Crippen LogP contribution in [0.5, 0.6) is 5.75 Å². The summed E-state index contributed by atoms with van der Waals surface area (Å²) in [5.74, 6) is 0.197. The largest absolute Gasteiger partial charge is 0.493 e. The predicted octanol–water partition coefficient (Wildman–Crippen LogP) is 2.01. The number of hydrogen-bond acceptors (Lipinski definition) is 4. The van der Waals surface area contributed by atoms with E-state index in [1.807, 2.05) is 19.1 Å². The highest BCUT2D eigenvalue weighted by Gasteiger charge is 2.31. The van der Waals surface area contributed by atoms with E-state index in [2.05, 4.69) is 11.4 Å². The lowest BCUT2D eigenvalue weighted by atomic mass is 10.0. The maximum absolute atomic E-state index is 12.2. The van der Waals surface area contributed by atoms with Gasteiger partial charge in [-0.1, -0.05) is 12.1 Å². The lowest BCUT2D eigenvalue weighted by Crippen LogP contribution is -2.48. The molecule has 0 bridgehead atoms. The summed E-state index contributed by atoms with van der Waals surface area (Å²) in [6.45, 7) is 7.14. The van der Waals surface area contributed by atoms with Crippen LogP contribution in [0.15, 0.2) is 18.2 Å². The van der Waals surface area contributed by atoms with Crippen LogP contribution in [0.2, 0.25) is 0 Å². The second kappa shape index (κ2) is 6.38. The van der Waals surface area contributed by atoms with Crippen molar-refractivity contribution in [2.24, 2.45) is 0 Å². The molecule has 0 fully saturated rings. The van der Waals surface area contributed by atoms with E-state index in [1.165, 1.54) is 12.5 Å². The van der Waals surface area contributed by atoms with Crippen molar-refractivity contribution < 1.29 is 19.1 Å².